The molecule has 15 heteroatoms. The number of ketones is 1. The molecule has 0 bridgehead atoms. The van der Waals surface area contributed by atoms with Gasteiger partial charge in [-0.25, -0.2) is 4.79 Å². The third-order valence-electron chi connectivity index (χ3n) is 12.8. The smallest absolute Gasteiger partial charge is 0.483 e. The van der Waals surface area contributed by atoms with Gasteiger partial charge in [0.25, 0.3) is 0 Å². The van der Waals surface area contributed by atoms with Crippen LogP contribution < -0.4 is 18.9 Å². The van der Waals surface area contributed by atoms with Crippen LogP contribution in [0.2, 0.25) is 0 Å². The molecule has 1 unspecified atom stereocenters. The van der Waals surface area contributed by atoms with Gasteiger partial charge in [-0.15, -0.1) is 0 Å². The number of carbonyl (C=O) groups excluding carboxylic acids is 7. The van der Waals surface area contributed by atoms with Crippen molar-refractivity contribution >= 4 is 41.7 Å². The maximum atomic E-state index is 13.4. The summed E-state index contributed by atoms with van der Waals surface area (Å²) in [6, 6.07) is -0.681. The summed E-state index contributed by atoms with van der Waals surface area (Å²) in [6.45, 7) is 11.6. The molecule has 0 spiro atoms. The standard InChI is InChI=1S/C55H96NO13.2CH3.Li/c1-6-11-15-19-23-27-31-48(57)36-35-45(41-65-50(58)32-28-24-20-16-12-7-2)37-53(61)68-44-47-39-49(40-56(47)55(63)64-10-5)69-54(62)38-46(42-66-51(59)33-29-25-21-17-13-8-3)43-67-52(60)34-30-26-22-18-14-9-4;;;/h45-47,49H,5-44H2,1-4H3;2*1H3;/q3*-1;+1/t45?,47-,49+;;;/m0.../s1. The van der Waals surface area contributed by atoms with Crippen LogP contribution >= 0.6 is 0 Å². The van der Waals surface area contributed by atoms with E-state index >= 15 is 0 Å². The molecule has 1 rings (SSSR count). The molecular formula is C57H102LiNO13-2. The van der Waals surface area contributed by atoms with E-state index in [2.05, 4.69) is 34.6 Å². The summed E-state index contributed by atoms with van der Waals surface area (Å²) in [5.74, 6) is -3.21. The molecule has 0 aromatic carbocycles. The first-order valence-electron chi connectivity index (χ1n) is 27.5. The van der Waals surface area contributed by atoms with Gasteiger partial charge in [-0.05, 0) is 38.7 Å². The van der Waals surface area contributed by atoms with E-state index in [1.54, 1.807) is 0 Å². The molecule has 0 N–H and O–H groups in total. The van der Waals surface area contributed by atoms with E-state index in [0.29, 0.717) is 32.1 Å². The summed E-state index contributed by atoms with van der Waals surface area (Å²) < 4.78 is 33.5. The Kier molecular flexibility index (Phi) is 50.9. The number of rotatable bonds is 45. The number of Topliss-reactive ketones (excluding diaryl/α,β-unsaturated/α-hetero) is 1. The van der Waals surface area contributed by atoms with Crippen LogP contribution in [0, 0.1) is 33.6 Å². The van der Waals surface area contributed by atoms with Gasteiger partial charge in [0.2, 0.25) is 0 Å². The summed E-state index contributed by atoms with van der Waals surface area (Å²) in [5.41, 5.74) is 0. The minimum absolute atomic E-state index is 0. The first kappa shape index (κ1) is 73.1. The summed E-state index contributed by atoms with van der Waals surface area (Å²) >= 11 is 0. The third-order valence-corrected chi connectivity index (χ3v) is 12.8. The molecule has 72 heavy (non-hydrogen) atoms. The van der Waals surface area contributed by atoms with Crippen LogP contribution in [0.25, 0.3) is 0 Å². The molecule has 1 aliphatic rings. The number of amides is 1. The fourth-order valence-corrected chi connectivity index (χ4v) is 8.47. The Morgan fingerprint density at radius 1 is 0.472 bits per heavy atom. The fourth-order valence-electron chi connectivity index (χ4n) is 8.47. The zero-order chi connectivity index (χ0) is 50.7. The van der Waals surface area contributed by atoms with Crippen LogP contribution in [-0.2, 0) is 57.2 Å². The number of hydrogen-bond acceptors (Lipinski definition) is 13. The van der Waals surface area contributed by atoms with Crippen molar-refractivity contribution in [2.75, 3.05) is 39.6 Å². The predicted octanol–water partition coefficient (Wildman–Crippen LogP) is 10.4. The van der Waals surface area contributed by atoms with E-state index in [0.717, 1.165) is 109 Å². The van der Waals surface area contributed by atoms with Crippen LogP contribution in [-0.4, -0.2) is 98.3 Å². The van der Waals surface area contributed by atoms with Crippen molar-refractivity contribution in [2.45, 2.75) is 252 Å². The summed E-state index contributed by atoms with van der Waals surface area (Å²) in [6.07, 6.45) is 25.3. The molecule has 1 aliphatic heterocycles. The van der Waals surface area contributed by atoms with Gasteiger partial charge in [-0.3, -0.25) is 33.7 Å². The Hall–Kier alpha value is -3.11. The molecule has 0 aromatic rings. The Labute approximate surface area is 450 Å². The summed E-state index contributed by atoms with van der Waals surface area (Å²) in [7, 11) is 0. The Morgan fingerprint density at radius 2 is 0.861 bits per heavy atom. The first-order valence-corrected chi connectivity index (χ1v) is 27.5. The van der Waals surface area contributed by atoms with Crippen molar-refractivity contribution in [3.05, 3.63) is 21.8 Å². The maximum Gasteiger partial charge on any atom is 1.00 e. The third kappa shape index (κ3) is 40.3. The number of ether oxygens (including phenoxy) is 6. The van der Waals surface area contributed by atoms with Crippen LogP contribution in [0.4, 0.5) is 4.79 Å². The van der Waals surface area contributed by atoms with E-state index in [4.69, 9.17) is 28.4 Å². The van der Waals surface area contributed by atoms with Crippen LogP contribution in [0.1, 0.15) is 240 Å². The molecule has 1 fully saturated rings. The number of nitrogens with zero attached hydrogens (tertiary/aromatic N) is 1. The van der Waals surface area contributed by atoms with Crippen molar-refractivity contribution in [3.63, 3.8) is 0 Å². The average molecular weight is 1020 g/mol. The normalized spacial score (nSPS) is 14.3. The van der Waals surface area contributed by atoms with Crippen molar-refractivity contribution in [2.24, 2.45) is 11.8 Å². The predicted molar refractivity (Wildman–Crippen MR) is 281 cm³/mol. The van der Waals surface area contributed by atoms with Crippen molar-refractivity contribution in [3.8, 4) is 0 Å². The molecule has 0 radical (unpaired) electrons. The number of unbranched alkanes of at least 4 members (excludes halogenated alkanes) is 20. The van der Waals surface area contributed by atoms with Gasteiger partial charge in [0, 0.05) is 50.4 Å². The molecule has 416 valence electrons. The zero-order valence-electron chi connectivity index (χ0n) is 46.8. The van der Waals surface area contributed by atoms with Gasteiger partial charge in [-0.1, -0.05) is 156 Å². The van der Waals surface area contributed by atoms with E-state index < -0.39 is 42.0 Å². The number of hydrogen-bond donors (Lipinski definition) is 0. The van der Waals surface area contributed by atoms with Crippen molar-refractivity contribution < 1.29 is 80.8 Å². The molecule has 0 aromatic heterocycles. The summed E-state index contributed by atoms with van der Waals surface area (Å²) in [5, 5.41) is 0. The van der Waals surface area contributed by atoms with Crippen LogP contribution in [0.15, 0.2) is 0 Å². The second-order valence-corrected chi connectivity index (χ2v) is 19.3. The molecule has 1 heterocycles. The monoisotopic (exact) mass is 1020 g/mol. The van der Waals surface area contributed by atoms with Gasteiger partial charge < -0.3 is 50.2 Å². The minimum Gasteiger partial charge on any atom is -0.483 e. The number of carbonyl (C=O) groups is 7. The van der Waals surface area contributed by atoms with E-state index in [1.165, 1.54) is 37.0 Å². The van der Waals surface area contributed by atoms with Gasteiger partial charge in [-0.2, -0.15) is 0 Å². The number of esters is 5. The second kappa shape index (κ2) is 50.1. The van der Waals surface area contributed by atoms with Crippen LogP contribution in [0.5, 0.6) is 0 Å². The van der Waals surface area contributed by atoms with Crippen molar-refractivity contribution in [1.82, 2.24) is 4.90 Å². The Balaban J connectivity index is -0.0000159. The average Bonchev–Trinajstić information content (AvgIpc) is 3.74. The molecule has 14 nitrogen and oxygen atoms in total. The van der Waals surface area contributed by atoms with Gasteiger partial charge in [0.15, 0.2) is 0 Å². The maximum absolute atomic E-state index is 13.4. The molecule has 1 amide bonds. The largest absolute Gasteiger partial charge is 1.00 e. The Morgan fingerprint density at radius 3 is 1.29 bits per heavy atom. The van der Waals surface area contributed by atoms with Gasteiger partial charge in [0.1, 0.15) is 18.5 Å². The van der Waals surface area contributed by atoms with Crippen LogP contribution in [0.3, 0.4) is 0 Å². The molecule has 1 saturated heterocycles. The second-order valence-electron chi connectivity index (χ2n) is 19.3. The topological polar surface area (TPSA) is 178 Å². The zero-order valence-corrected chi connectivity index (χ0v) is 46.8. The summed E-state index contributed by atoms with van der Waals surface area (Å²) in [4.78, 5) is 92.0. The van der Waals surface area contributed by atoms with E-state index in [1.807, 2.05) is 0 Å². The van der Waals surface area contributed by atoms with Gasteiger partial charge >= 0.3 is 54.8 Å². The molecule has 0 saturated carbocycles. The van der Waals surface area contributed by atoms with E-state index in [-0.39, 0.29) is 136 Å². The fraction of sp³-hybridized carbons (Fsp3) is 0.825. The quantitative estimate of drug-likeness (QED) is 0.0185. The van der Waals surface area contributed by atoms with Crippen molar-refractivity contribution in [1.29, 1.82) is 0 Å². The van der Waals surface area contributed by atoms with Gasteiger partial charge in [0.05, 0.1) is 45.2 Å². The Bertz CT molecular complexity index is 1330. The number of likely N-dealkylation sites (tertiary alicyclic amines) is 1. The SMILES string of the molecule is [CH2-]COC(=O)N1C[C@H](OC(=O)CC(COC(=O)CCCCCCCC)COC(=O)CCCCCCCC)C[C@H]1COC(=O)CC(CCC(=O)CCCCCCCC)COC(=O)CCCCCCCC.[CH3-].[CH3-].[Li+]. The minimum atomic E-state index is -0.763. The molecule has 0 aliphatic carbocycles. The molecular weight excluding hydrogens is 914 g/mol. The molecule has 3 atom stereocenters. The first-order chi connectivity index (χ1) is 33.4. The van der Waals surface area contributed by atoms with E-state index in [9.17, 15) is 33.6 Å².